The molecule has 78 valence electrons. The summed E-state index contributed by atoms with van der Waals surface area (Å²) >= 11 is 0. The molecule has 14 heavy (non-hydrogen) atoms. The maximum Gasteiger partial charge on any atom is 0.247 e. The Morgan fingerprint density at radius 3 is 2.57 bits per heavy atom. The maximum absolute atomic E-state index is 11.6. The molecule has 0 saturated carbocycles. The number of nitrogens with one attached hydrogen (secondary N) is 1. The molecule has 0 aliphatic rings. The molecule has 0 aliphatic heterocycles. The van der Waals surface area contributed by atoms with Gasteiger partial charge < -0.3 is 11.1 Å². The second-order valence-electron chi connectivity index (χ2n) is 3.74. The maximum atomic E-state index is 11.6. The SMILES string of the molecule is CNC(=O)C(C)(C)n1ncc(N)c1C. The number of nitrogens with two attached hydrogens (primary N) is 1. The summed E-state index contributed by atoms with van der Waals surface area (Å²) in [6, 6.07) is 0. The molecule has 1 aromatic heterocycles. The van der Waals surface area contributed by atoms with Gasteiger partial charge >= 0.3 is 0 Å². The van der Waals surface area contributed by atoms with Crippen LogP contribution in [0.2, 0.25) is 0 Å². The number of likely N-dealkylation sites (N-methyl/N-ethyl adjacent to an activating group) is 1. The zero-order valence-electron chi connectivity index (χ0n) is 8.96. The lowest BCUT2D eigenvalue weighted by molar-refractivity contribution is -0.128. The van der Waals surface area contributed by atoms with Gasteiger partial charge in [0.25, 0.3) is 0 Å². The van der Waals surface area contributed by atoms with Crippen LogP contribution < -0.4 is 11.1 Å². The Morgan fingerprint density at radius 2 is 2.21 bits per heavy atom. The highest BCUT2D eigenvalue weighted by Gasteiger charge is 2.31. The monoisotopic (exact) mass is 196 g/mol. The fraction of sp³-hybridized carbons (Fsp3) is 0.556. The molecule has 1 aromatic rings. The Labute approximate surface area is 83.3 Å². The van der Waals surface area contributed by atoms with Crippen LogP contribution in [0.4, 0.5) is 5.69 Å². The molecule has 1 rings (SSSR count). The first kappa shape index (κ1) is 10.6. The molecule has 1 amide bonds. The summed E-state index contributed by atoms with van der Waals surface area (Å²) in [5.41, 5.74) is 6.36. The Hall–Kier alpha value is -1.52. The molecule has 0 aliphatic carbocycles. The first-order chi connectivity index (χ1) is 6.41. The van der Waals surface area contributed by atoms with Crippen LogP contribution in [0, 0.1) is 6.92 Å². The Morgan fingerprint density at radius 1 is 1.64 bits per heavy atom. The highest BCUT2D eigenvalue weighted by atomic mass is 16.2. The lowest BCUT2D eigenvalue weighted by Gasteiger charge is -2.24. The van der Waals surface area contributed by atoms with Gasteiger partial charge in [-0.2, -0.15) is 5.10 Å². The third-order valence-corrected chi connectivity index (χ3v) is 2.36. The summed E-state index contributed by atoms with van der Waals surface area (Å²) in [6.45, 7) is 5.43. The van der Waals surface area contributed by atoms with Crippen LogP contribution in [-0.2, 0) is 10.3 Å². The average molecular weight is 196 g/mol. The van der Waals surface area contributed by atoms with E-state index in [0.717, 1.165) is 5.69 Å². The number of nitrogen functional groups attached to an aromatic ring is 1. The molecule has 0 unspecified atom stereocenters. The minimum atomic E-state index is -0.712. The molecule has 0 saturated heterocycles. The third kappa shape index (κ3) is 1.45. The van der Waals surface area contributed by atoms with Crippen LogP contribution in [0.25, 0.3) is 0 Å². The van der Waals surface area contributed by atoms with Crippen LogP contribution >= 0.6 is 0 Å². The van der Waals surface area contributed by atoms with E-state index in [9.17, 15) is 4.79 Å². The number of anilines is 1. The largest absolute Gasteiger partial charge is 0.396 e. The van der Waals surface area contributed by atoms with Crippen molar-refractivity contribution in [2.45, 2.75) is 26.3 Å². The summed E-state index contributed by atoms with van der Waals surface area (Å²) in [5.74, 6) is -0.0938. The van der Waals surface area contributed by atoms with Crippen LogP contribution in [0.1, 0.15) is 19.5 Å². The van der Waals surface area contributed by atoms with Gasteiger partial charge in [-0.25, -0.2) is 0 Å². The fourth-order valence-corrected chi connectivity index (χ4v) is 1.39. The van der Waals surface area contributed by atoms with E-state index in [1.807, 2.05) is 6.92 Å². The number of carbonyl (C=O) groups is 1. The summed E-state index contributed by atoms with van der Waals surface area (Å²) in [4.78, 5) is 11.6. The number of hydrogen-bond acceptors (Lipinski definition) is 3. The summed E-state index contributed by atoms with van der Waals surface area (Å²) in [5, 5.41) is 6.69. The Kier molecular flexibility index (Phi) is 2.51. The van der Waals surface area contributed by atoms with E-state index >= 15 is 0 Å². The highest BCUT2D eigenvalue weighted by Crippen LogP contribution is 2.20. The van der Waals surface area contributed by atoms with Crippen LogP contribution in [0.5, 0.6) is 0 Å². The van der Waals surface area contributed by atoms with E-state index in [2.05, 4.69) is 10.4 Å². The predicted molar refractivity (Wildman–Crippen MR) is 54.8 cm³/mol. The van der Waals surface area contributed by atoms with Crippen molar-refractivity contribution < 1.29 is 4.79 Å². The molecular weight excluding hydrogens is 180 g/mol. The van der Waals surface area contributed by atoms with E-state index in [1.54, 1.807) is 31.8 Å². The van der Waals surface area contributed by atoms with E-state index in [4.69, 9.17) is 5.73 Å². The van der Waals surface area contributed by atoms with E-state index in [-0.39, 0.29) is 5.91 Å². The quantitative estimate of drug-likeness (QED) is 0.712. The number of carbonyl (C=O) groups excluding carboxylic acids is 1. The second kappa shape index (κ2) is 3.32. The number of rotatable bonds is 2. The molecule has 5 heteroatoms. The molecule has 5 nitrogen and oxygen atoms in total. The first-order valence-electron chi connectivity index (χ1n) is 4.44. The molecule has 0 aromatic carbocycles. The molecule has 3 N–H and O–H groups in total. The van der Waals surface area contributed by atoms with Crippen molar-refractivity contribution in [3.8, 4) is 0 Å². The molecular formula is C9H16N4O. The van der Waals surface area contributed by atoms with E-state index < -0.39 is 5.54 Å². The summed E-state index contributed by atoms with van der Waals surface area (Å²) in [6.07, 6.45) is 1.56. The number of aromatic nitrogens is 2. The molecule has 0 atom stereocenters. The van der Waals surface area contributed by atoms with Gasteiger partial charge in [0.2, 0.25) is 5.91 Å². The zero-order valence-corrected chi connectivity index (χ0v) is 8.96. The number of nitrogens with zero attached hydrogens (tertiary/aromatic N) is 2. The second-order valence-corrected chi connectivity index (χ2v) is 3.74. The Balaban J connectivity index is 3.16. The smallest absolute Gasteiger partial charge is 0.247 e. The van der Waals surface area contributed by atoms with Crippen molar-refractivity contribution >= 4 is 11.6 Å². The van der Waals surface area contributed by atoms with Gasteiger partial charge in [0.15, 0.2) is 0 Å². The lowest BCUT2D eigenvalue weighted by Crippen LogP contribution is -2.44. The van der Waals surface area contributed by atoms with Gasteiger partial charge in [0.1, 0.15) is 5.54 Å². The number of amides is 1. The van der Waals surface area contributed by atoms with Crippen LogP contribution in [0.15, 0.2) is 6.20 Å². The first-order valence-corrected chi connectivity index (χ1v) is 4.44. The van der Waals surface area contributed by atoms with Crippen molar-refractivity contribution in [2.75, 3.05) is 12.8 Å². The third-order valence-electron chi connectivity index (χ3n) is 2.36. The zero-order chi connectivity index (χ0) is 10.9. The summed E-state index contributed by atoms with van der Waals surface area (Å²) in [7, 11) is 1.60. The highest BCUT2D eigenvalue weighted by molar-refractivity contribution is 5.83. The van der Waals surface area contributed by atoms with E-state index in [0.29, 0.717) is 5.69 Å². The van der Waals surface area contributed by atoms with Crippen molar-refractivity contribution in [2.24, 2.45) is 0 Å². The molecule has 0 bridgehead atoms. The minimum Gasteiger partial charge on any atom is -0.396 e. The fourth-order valence-electron chi connectivity index (χ4n) is 1.39. The van der Waals surface area contributed by atoms with Gasteiger partial charge in [-0.15, -0.1) is 0 Å². The van der Waals surface area contributed by atoms with Crippen LogP contribution in [-0.4, -0.2) is 22.7 Å². The predicted octanol–water partition coefficient (Wildman–Crippen LogP) is 0.255. The standard InChI is InChI=1S/C9H16N4O/c1-6-7(10)5-12-13(6)9(2,3)8(14)11-4/h5H,10H2,1-4H3,(H,11,14). The van der Waals surface area contributed by atoms with Gasteiger partial charge in [-0.3, -0.25) is 9.48 Å². The molecule has 0 fully saturated rings. The van der Waals surface area contributed by atoms with Gasteiger partial charge in [-0.05, 0) is 20.8 Å². The Bertz CT molecular complexity index is 354. The minimum absolute atomic E-state index is 0.0938. The van der Waals surface area contributed by atoms with Gasteiger partial charge in [0, 0.05) is 7.05 Å². The molecule has 0 spiro atoms. The summed E-state index contributed by atoms with van der Waals surface area (Å²) < 4.78 is 1.63. The average Bonchev–Trinajstić information content (AvgIpc) is 2.46. The van der Waals surface area contributed by atoms with Crippen molar-refractivity contribution in [1.29, 1.82) is 0 Å². The van der Waals surface area contributed by atoms with Crippen molar-refractivity contribution in [3.63, 3.8) is 0 Å². The molecule has 0 radical (unpaired) electrons. The normalized spacial score (nSPS) is 11.4. The van der Waals surface area contributed by atoms with Crippen molar-refractivity contribution in [1.82, 2.24) is 15.1 Å². The number of hydrogen-bond donors (Lipinski definition) is 2. The van der Waals surface area contributed by atoms with E-state index in [1.165, 1.54) is 0 Å². The van der Waals surface area contributed by atoms with Crippen LogP contribution in [0.3, 0.4) is 0 Å². The van der Waals surface area contributed by atoms with Crippen molar-refractivity contribution in [3.05, 3.63) is 11.9 Å². The lowest BCUT2D eigenvalue weighted by atomic mass is 10.0. The molecule has 1 heterocycles. The van der Waals surface area contributed by atoms with Gasteiger partial charge in [0.05, 0.1) is 17.6 Å². The van der Waals surface area contributed by atoms with Gasteiger partial charge in [-0.1, -0.05) is 0 Å². The topological polar surface area (TPSA) is 72.9 Å².